The average Bonchev–Trinajstić information content (AvgIpc) is 2.47. The Morgan fingerprint density at radius 3 is 2.08 bits per heavy atom. The van der Waals surface area contributed by atoms with Crippen LogP contribution in [0.4, 0.5) is 0 Å². The van der Waals surface area contributed by atoms with E-state index < -0.39 is 24.8 Å². The number of rotatable bonds is 9. The Bertz CT molecular complexity index is 540. The van der Waals surface area contributed by atoms with Crippen LogP contribution in [0, 0.1) is 0 Å². The summed E-state index contributed by atoms with van der Waals surface area (Å²) in [6.45, 7) is 9.23. The lowest BCUT2D eigenvalue weighted by atomic mass is 10.1. The van der Waals surface area contributed by atoms with Gasteiger partial charge in [0.2, 0.25) is 0 Å². The van der Waals surface area contributed by atoms with Crippen molar-refractivity contribution in [3.8, 4) is 0 Å². The Morgan fingerprint density at radius 2 is 1.62 bits per heavy atom. The van der Waals surface area contributed by atoms with Crippen LogP contribution in [-0.2, 0) is 29.6 Å². The normalized spacial score (nSPS) is 13.5. The third kappa shape index (κ3) is 6.76. The molecular formula is C18H29O5P. The Labute approximate surface area is 145 Å². The minimum absolute atomic E-state index is 0.210. The van der Waals surface area contributed by atoms with Crippen LogP contribution in [0.5, 0.6) is 0 Å². The summed E-state index contributed by atoms with van der Waals surface area (Å²) in [7, 11) is -3.58. The van der Waals surface area contributed by atoms with Gasteiger partial charge in [-0.3, -0.25) is 9.36 Å². The lowest BCUT2D eigenvalue weighted by Crippen LogP contribution is -2.33. The molecule has 0 spiro atoms. The predicted molar refractivity (Wildman–Crippen MR) is 95.3 cm³/mol. The molecule has 1 atom stereocenters. The summed E-state index contributed by atoms with van der Waals surface area (Å²) in [5.74, 6) is -0.538. The van der Waals surface area contributed by atoms with Crippen LogP contribution in [0.15, 0.2) is 30.3 Å². The average molecular weight is 356 g/mol. The number of ether oxygens (including phenoxy) is 1. The summed E-state index contributed by atoms with van der Waals surface area (Å²) in [6.07, 6.45) is 0.936. The topological polar surface area (TPSA) is 61.8 Å². The van der Waals surface area contributed by atoms with E-state index in [2.05, 4.69) is 0 Å². The molecule has 0 fully saturated rings. The molecule has 24 heavy (non-hydrogen) atoms. The number of carbonyl (C=O) groups excluding carboxylic acids is 1. The predicted octanol–water partition coefficient (Wildman–Crippen LogP) is 4.60. The maximum Gasteiger partial charge on any atom is 0.344 e. The fraction of sp³-hybridized carbons (Fsp3) is 0.611. The summed E-state index contributed by atoms with van der Waals surface area (Å²) in [5, 5.41) is 0. The zero-order chi connectivity index (χ0) is 18.2. The number of carbonyl (C=O) groups is 1. The quantitative estimate of drug-likeness (QED) is 0.478. The summed E-state index contributed by atoms with van der Waals surface area (Å²) in [6, 6.07) is 9.74. The highest BCUT2D eigenvalue weighted by atomic mass is 31.2. The number of esters is 1. The molecule has 136 valence electrons. The van der Waals surface area contributed by atoms with Crippen molar-refractivity contribution in [2.24, 2.45) is 0 Å². The van der Waals surface area contributed by atoms with Crippen molar-refractivity contribution in [3.05, 3.63) is 35.9 Å². The highest BCUT2D eigenvalue weighted by Gasteiger charge is 2.43. The molecule has 0 aliphatic heterocycles. The molecule has 6 heteroatoms. The number of hydrogen-bond donors (Lipinski definition) is 0. The number of hydrogen-bond acceptors (Lipinski definition) is 5. The minimum Gasteiger partial charge on any atom is -0.459 e. The molecule has 0 radical (unpaired) electrons. The summed E-state index contributed by atoms with van der Waals surface area (Å²) in [4.78, 5) is 12.6. The molecule has 0 bridgehead atoms. The van der Waals surface area contributed by atoms with E-state index in [9.17, 15) is 9.36 Å². The fourth-order valence-electron chi connectivity index (χ4n) is 2.30. The van der Waals surface area contributed by atoms with Crippen molar-refractivity contribution >= 4 is 13.6 Å². The van der Waals surface area contributed by atoms with Gasteiger partial charge in [-0.25, -0.2) is 0 Å². The van der Waals surface area contributed by atoms with Gasteiger partial charge in [-0.1, -0.05) is 30.3 Å². The van der Waals surface area contributed by atoms with Crippen LogP contribution in [0.3, 0.4) is 0 Å². The van der Waals surface area contributed by atoms with Crippen molar-refractivity contribution in [3.63, 3.8) is 0 Å². The first-order chi connectivity index (χ1) is 11.2. The highest BCUT2D eigenvalue weighted by Crippen LogP contribution is 2.55. The molecule has 0 aliphatic rings. The highest BCUT2D eigenvalue weighted by molar-refractivity contribution is 7.55. The van der Waals surface area contributed by atoms with Gasteiger partial charge in [-0.2, -0.15) is 0 Å². The summed E-state index contributed by atoms with van der Waals surface area (Å²) in [5.41, 5.74) is -0.534. The summed E-state index contributed by atoms with van der Waals surface area (Å²) < 4.78 is 29.3. The third-order valence-electron chi connectivity index (χ3n) is 3.23. The van der Waals surface area contributed by atoms with E-state index in [0.29, 0.717) is 12.8 Å². The van der Waals surface area contributed by atoms with E-state index in [1.54, 1.807) is 34.6 Å². The van der Waals surface area contributed by atoms with E-state index in [1.165, 1.54) is 0 Å². The van der Waals surface area contributed by atoms with Gasteiger partial charge in [-0.05, 0) is 53.0 Å². The van der Waals surface area contributed by atoms with Gasteiger partial charge in [0, 0.05) is 0 Å². The van der Waals surface area contributed by atoms with E-state index in [-0.39, 0.29) is 13.2 Å². The van der Waals surface area contributed by atoms with E-state index in [4.69, 9.17) is 13.8 Å². The zero-order valence-electron chi connectivity index (χ0n) is 15.3. The Balaban J connectivity index is 3.00. The van der Waals surface area contributed by atoms with Crippen molar-refractivity contribution in [2.45, 2.75) is 58.7 Å². The lowest BCUT2D eigenvalue weighted by Gasteiger charge is -2.28. The molecule has 0 N–H and O–H groups in total. The second-order valence-corrected chi connectivity index (χ2v) is 8.67. The van der Waals surface area contributed by atoms with E-state index >= 15 is 0 Å². The SMILES string of the molecule is CCOP(=O)(OCC)C(CCc1ccccc1)C(=O)OC(C)(C)C. The van der Waals surface area contributed by atoms with Crippen molar-refractivity contribution in [1.82, 2.24) is 0 Å². The number of aryl methyl sites for hydroxylation is 1. The Morgan fingerprint density at radius 1 is 1.08 bits per heavy atom. The maximum absolute atomic E-state index is 13.1. The Hall–Kier alpha value is -1.16. The Kier molecular flexibility index (Phi) is 8.14. The molecule has 0 saturated heterocycles. The first-order valence-corrected chi connectivity index (χ1v) is 9.98. The molecule has 1 unspecified atom stereocenters. The molecule has 0 amide bonds. The largest absolute Gasteiger partial charge is 0.459 e. The van der Waals surface area contributed by atoms with E-state index in [0.717, 1.165) is 5.56 Å². The molecular weight excluding hydrogens is 327 g/mol. The zero-order valence-corrected chi connectivity index (χ0v) is 16.2. The maximum atomic E-state index is 13.1. The monoisotopic (exact) mass is 356 g/mol. The molecule has 1 rings (SSSR count). The van der Waals surface area contributed by atoms with Gasteiger partial charge in [-0.15, -0.1) is 0 Å². The van der Waals surface area contributed by atoms with Gasteiger partial charge < -0.3 is 13.8 Å². The second-order valence-electron chi connectivity index (χ2n) is 6.45. The van der Waals surface area contributed by atoms with Gasteiger partial charge in [0.05, 0.1) is 13.2 Å². The lowest BCUT2D eigenvalue weighted by molar-refractivity contribution is -0.154. The van der Waals surface area contributed by atoms with Crippen molar-refractivity contribution in [2.75, 3.05) is 13.2 Å². The third-order valence-corrected chi connectivity index (χ3v) is 5.70. The van der Waals surface area contributed by atoms with Crippen molar-refractivity contribution in [1.29, 1.82) is 0 Å². The van der Waals surface area contributed by atoms with Crippen LogP contribution in [0.2, 0.25) is 0 Å². The van der Waals surface area contributed by atoms with Gasteiger partial charge in [0.15, 0.2) is 5.66 Å². The van der Waals surface area contributed by atoms with Gasteiger partial charge >= 0.3 is 13.6 Å². The molecule has 1 aromatic carbocycles. The van der Waals surface area contributed by atoms with Crippen LogP contribution < -0.4 is 0 Å². The molecule has 0 aliphatic carbocycles. The van der Waals surface area contributed by atoms with E-state index in [1.807, 2.05) is 30.3 Å². The van der Waals surface area contributed by atoms with Gasteiger partial charge in [0.1, 0.15) is 5.60 Å². The number of benzene rings is 1. The molecule has 0 heterocycles. The van der Waals surface area contributed by atoms with Crippen LogP contribution in [0.25, 0.3) is 0 Å². The molecule has 0 aromatic heterocycles. The molecule has 5 nitrogen and oxygen atoms in total. The second kappa shape index (κ2) is 9.36. The smallest absolute Gasteiger partial charge is 0.344 e. The minimum atomic E-state index is -3.58. The standard InChI is InChI=1S/C18H29O5P/c1-6-21-24(20,22-7-2)16(17(19)23-18(3,4)5)14-13-15-11-9-8-10-12-15/h8-12,16H,6-7,13-14H2,1-5H3. The summed E-state index contributed by atoms with van der Waals surface area (Å²) >= 11 is 0. The molecule has 0 saturated carbocycles. The first kappa shape index (κ1) is 20.9. The molecule has 1 aromatic rings. The van der Waals surface area contributed by atoms with Crippen LogP contribution >= 0.6 is 7.60 Å². The fourth-order valence-corrected chi connectivity index (χ4v) is 4.21. The first-order valence-electron chi connectivity index (χ1n) is 8.37. The van der Waals surface area contributed by atoms with Crippen molar-refractivity contribution < 1.29 is 23.1 Å². The van der Waals surface area contributed by atoms with Crippen LogP contribution in [-0.4, -0.2) is 30.4 Å². The van der Waals surface area contributed by atoms with Gasteiger partial charge in [0.25, 0.3) is 0 Å². The van der Waals surface area contributed by atoms with Crippen LogP contribution in [0.1, 0.15) is 46.6 Å².